The largest absolute Gasteiger partial charge is 0.508 e. The van der Waals surface area contributed by atoms with Crippen molar-refractivity contribution in [2.24, 2.45) is 5.92 Å². The molecule has 3 atom stereocenters. The molecular weight excluding hydrogens is 244 g/mol. The predicted octanol–water partition coefficient (Wildman–Crippen LogP) is 1.79. The van der Waals surface area contributed by atoms with Crippen molar-refractivity contribution in [3.05, 3.63) is 29.8 Å². The van der Waals surface area contributed by atoms with Crippen LogP contribution in [0.5, 0.6) is 5.75 Å². The molecule has 1 saturated carbocycles. The van der Waals surface area contributed by atoms with E-state index in [9.17, 15) is 19.8 Å². The second-order valence-corrected chi connectivity index (χ2v) is 5.06. The number of hydrogen-bond donors (Lipinski definition) is 2. The number of carbonyl (C=O) groups excluding carboxylic acids is 2. The number of aromatic hydroxyl groups is 1. The fourth-order valence-electron chi connectivity index (χ4n) is 2.74. The van der Waals surface area contributed by atoms with Crippen LogP contribution in [-0.4, -0.2) is 27.9 Å². The molecule has 0 spiro atoms. The smallest absolute Gasteiger partial charge is 0.146 e. The van der Waals surface area contributed by atoms with Gasteiger partial charge in [-0.25, -0.2) is 0 Å². The maximum absolute atomic E-state index is 12.0. The Labute approximate surface area is 112 Å². The van der Waals surface area contributed by atoms with Crippen LogP contribution in [0.2, 0.25) is 0 Å². The highest BCUT2D eigenvalue weighted by atomic mass is 16.3. The Morgan fingerprint density at radius 3 is 2.74 bits per heavy atom. The van der Waals surface area contributed by atoms with E-state index in [2.05, 4.69) is 0 Å². The first-order valence-electron chi connectivity index (χ1n) is 6.55. The van der Waals surface area contributed by atoms with Crippen LogP contribution >= 0.6 is 0 Å². The molecule has 1 aliphatic carbocycles. The van der Waals surface area contributed by atoms with E-state index in [0.29, 0.717) is 6.42 Å². The molecule has 0 amide bonds. The lowest BCUT2D eigenvalue weighted by atomic mass is 9.74. The van der Waals surface area contributed by atoms with Gasteiger partial charge in [-0.05, 0) is 30.0 Å². The molecule has 1 aromatic carbocycles. The highest BCUT2D eigenvalue weighted by Crippen LogP contribution is 2.35. The van der Waals surface area contributed by atoms with E-state index >= 15 is 0 Å². The number of benzene rings is 1. The Morgan fingerprint density at radius 1 is 1.42 bits per heavy atom. The summed E-state index contributed by atoms with van der Waals surface area (Å²) in [5.41, 5.74) is 0.829. The quantitative estimate of drug-likeness (QED) is 0.814. The molecule has 1 aliphatic rings. The molecule has 19 heavy (non-hydrogen) atoms. The summed E-state index contributed by atoms with van der Waals surface area (Å²) >= 11 is 0. The van der Waals surface area contributed by atoms with Gasteiger partial charge in [0.25, 0.3) is 0 Å². The number of hydrogen-bond acceptors (Lipinski definition) is 4. The minimum absolute atomic E-state index is 0.129. The standard InChI is InChI=1S/C15H18O4/c1-2-12(17)15-13(18)7-10(8-14(15)19)9-4-3-5-11(16)6-9/h3-6,10,13,15-16,18H,2,7-8H2,1H3. The molecule has 0 heterocycles. The van der Waals surface area contributed by atoms with Crippen LogP contribution in [0.15, 0.2) is 24.3 Å². The predicted molar refractivity (Wildman–Crippen MR) is 69.9 cm³/mol. The Balaban J connectivity index is 2.18. The summed E-state index contributed by atoms with van der Waals surface area (Å²) in [6, 6.07) is 6.71. The van der Waals surface area contributed by atoms with Crippen LogP contribution in [0.4, 0.5) is 0 Å². The van der Waals surface area contributed by atoms with Crippen molar-refractivity contribution in [3.63, 3.8) is 0 Å². The van der Waals surface area contributed by atoms with Crippen LogP contribution in [0.25, 0.3) is 0 Å². The van der Waals surface area contributed by atoms with Crippen LogP contribution in [0.1, 0.15) is 37.7 Å². The minimum Gasteiger partial charge on any atom is -0.508 e. The first kappa shape index (κ1) is 13.7. The fraction of sp³-hybridized carbons (Fsp3) is 0.467. The van der Waals surface area contributed by atoms with E-state index in [1.54, 1.807) is 25.1 Å². The van der Waals surface area contributed by atoms with Gasteiger partial charge in [-0.3, -0.25) is 9.59 Å². The van der Waals surface area contributed by atoms with E-state index < -0.39 is 12.0 Å². The van der Waals surface area contributed by atoms with Gasteiger partial charge < -0.3 is 10.2 Å². The van der Waals surface area contributed by atoms with Crippen molar-refractivity contribution in [2.45, 2.75) is 38.2 Å². The van der Waals surface area contributed by atoms with E-state index in [1.165, 1.54) is 0 Å². The normalized spacial score (nSPS) is 27.3. The first-order chi connectivity index (χ1) is 9.02. The van der Waals surface area contributed by atoms with E-state index in [1.807, 2.05) is 6.07 Å². The van der Waals surface area contributed by atoms with Crippen molar-refractivity contribution < 1.29 is 19.8 Å². The van der Waals surface area contributed by atoms with Gasteiger partial charge in [0.15, 0.2) is 0 Å². The molecule has 0 saturated heterocycles. The number of aliphatic hydroxyl groups is 1. The summed E-state index contributed by atoms with van der Waals surface area (Å²) < 4.78 is 0. The van der Waals surface area contributed by atoms with E-state index in [-0.39, 0.29) is 36.1 Å². The fourth-order valence-corrected chi connectivity index (χ4v) is 2.74. The molecule has 0 aromatic heterocycles. The third kappa shape index (κ3) is 2.84. The van der Waals surface area contributed by atoms with Crippen molar-refractivity contribution in [1.29, 1.82) is 0 Å². The number of carbonyl (C=O) groups is 2. The molecule has 4 nitrogen and oxygen atoms in total. The third-order valence-electron chi connectivity index (χ3n) is 3.74. The first-order valence-corrected chi connectivity index (χ1v) is 6.55. The maximum atomic E-state index is 12.0. The van der Waals surface area contributed by atoms with Gasteiger partial charge in [0, 0.05) is 12.8 Å². The lowest BCUT2D eigenvalue weighted by molar-refractivity contribution is -0.140. The van der Waals surface area contributed by atoms with Gasteiger partial charge in [-0.2, -0.15) is 0 Å². The summed E-state index contributed by atoms with van der Waals surface area (Å²) in [5.74, 6) is -1.23. The average Bonchev–Trinajstić information content (AvgIpc) is 2.37. The molecule has 0 aliphatic heterocycles. The number of ketones is 2. The molecule has 0 bridgehead atoms. The average molecular weight is 262 g/mol. The van der Waals surface area contributed by atoms with E-state index in [0.717, 1.165) is 5.56 Å². The highest BCUT2D eigenvalue weighted by Gasteiger charge is 2.39. The number of Topliss-reactive ketones (excluding diaryl/α,β-unsaturated/α-hetero) is 2. The van der Waals surface area contributed by atoms with Crippen molar-refractivity contribution in [2.75, 3.05) is 0 Å². The molecule has 3 unspecified atom stereocenters. The number of aliphatic hydroxyl groups excluding tert-OH is 1. The second-order valence-electron chi connectivity index (χ2n) is 5.06. The van der Waals surface area contributed by atoms with Crippen molar-refractivity contribution in [1.82, 2.24) is 0 Å². The molecule has 2 rings (SSSR count). The lowest BCUT2D eigenvalue weighted by Crippen LogP contribution is -2.40. The van der Waals surface area contributed by atoms with Gasteiger partial charge >= 0.3 is 0 Å². The van der Waals surface area contributed by atoms with Crippen molar-refractivity contribution in [3.8, 4) is 5.75 Å². The second kappa shape index (κ2) is 5.53. The summed E-state index contributed by atoms with van der Waals surface area (Å²) in [5, 5.41) is 19.5. The molecule has 1 fully saturated rings. The Bertz CT molecular complexity index is 495. The van der Waals surface area contributed by atoms with Gasteiger partial charge in [0.1, 0.15) is 23.2 Å². The highest BCUT2D eigenvalue weighted by molar-refractivity contribution is 6.03. The molecule has 102 valence electrons. The number of phenolic OH excluding ortho intramolecular Hbond substituents is 1. The Kier molecular flexibility index (Phi) is 4.00. The minimum atomic E-state index is -0.916. The van der Waals surface area contributed by atoms with Crippen LogP contribution in [-0.2, 0) is 9.59 Å². The summed E-state index contributed by atoms with van der Waals surface area (Å²) in [7, 11) is 0. The summed E-state index contributed by atoms with van der Waals surface area (Å²) in [6.07, 6.45) is -0.0201. The molecule has 0 radical (unpaired) electrons. The SMILES string of the molecule is CCC(=O)C1C(=O)CC(c2cccc(O)c2)CC1O. The lowest BCUT2D eigenvalue weighted by Gasteiger charge is -2.31. The zero-order valence-electron chi connectivity index (χ0n) is 10.9. The van der Waals surface area contributed by atoms with Crippen LogP contribution in [0.3, 0.4) is 0 Å². The number of rotatable bonds is 3. The van der Waals surface area contributed by atoms with Gasteiger partial charge in [0.2, 0.25) is 0 Å². The monoisotopic (exact) mass is 262 g/mol. The van der Waals surface area contributed by atoms with Gasteiger partial charge in [0.05, 0.1) is 6.10 Å². The van der Waals surface area contributed by atoms with Crippen LogP contribution in [0, 0.1) is 5.92 Å². The zero-order chi connectivity index (χ0) is 14.0. The summed E-state index contributed by atoms with van der Waals surface area (Å²) in [4.78, 5) is 23.7. The topological polar surface area (TPSA) is 74.6 Å². The molecule has 2 N–H and O–H groups in total. The Hall–Kier alpha value is -1.68. The van der Waals surface area contributed by atoms with Crippen LogP contribution < -0.4 is 0 Å². The summed E-state index contributed by atoms with van der Waals surface area (Å²) in [6.45, 7) is 1.70. The van der Waals surface area contributed by atoms with E-state index in [4.69, 9.17) is 0 Å². The van der Waals surface area contributed by atoms with Gasteiger partial charge in [-0.15, -0.1) is 0 Å². The molecule has 4 heteroatoms. The maximum Gasteiger partial charge on any atom is 0.146 e. The Morgan fingerprint density at radius 2 is 2.16 bits per heavy atom. The number of phenols is 1. The van der Waals surface area contributed by atoms with Gasteiger partial charge in [-0.1, -0.05) is 19.1 Å². The third-order valence-corrected chi connectivity index (χ3v) is 3.74. The zero-order valence-corrected chi connectivity index (χ0v) is 10.9. The molecule has 1 aromatic rings. The molecular formula is C15H18O4. The van der Waals surface area contributed by atoms with Crippen molar-refractivity contribution >= 4 is 11.6 Å².